The minimum atomic E-state index is -4.20. The van der Waals surface area contributed by atoms with E-state index in [0.29, 0.717) is 31.2 Å². The first-order chi connectivity index (χ1) is 21.9. The summed E-state index contributed by atoms with van der Waals surface area (Å²) < 4.78 is 42.9. The summed E-state index contributed by atoms with van der Waals surface area (Å²) in [6.45, 7) is 5.56. The Morgan fingerprint density at radius 2 is 1.52 bits per heavy atom. The molecule has 0 fully saturated rings. The Bertz CT molecular complexity index is 2040. The van der Waals surface area contributed by atoms with Crippen LogP contribution in [-0.4, -0.2) is 30.5 Å². The standard InChI is InChI=1S/C29H20Cl5N3O5S2.C2H6/c1-15-35-28-22(37(15)44(39,40)26-10-5-18(31)14-21(26)34)6-8-24(29(28)36-43-25-9-4-17(30)13-20(25)33)42-23-7-3-16(11-19(23)32)12-27(38)41-2;1-2/h3-11,13-14,36H,12H2,1-2H3;1-2H3. The quantitative estimate of drug-likeness (QED) is 0.117. The molecule has 1 heterocycles. The SMILES string of the molecule is CC.COC(=O)Cc1ccc(Oc2ccc3c(nc(C)n3S(=O)(=O)c3ccc(Cl)cc3Cl)c2NSc2ccc(Cl)cc2Cl)c(Cl)c1. The Morgan fingerprint density at radius 3 is 2.15 bits per heavy atom. The van der Waals surface area contributed by atoms with Crippen molar-refractivity contribution in [2.24, 2.45) is 0 Å². The highest BCUT2D eigenvalue weighted by molar-refractivity contribution is 8.00. The van der Waals surface area contributed by atoms with E-state index < -0.39 is 16.0 Å². The van der Waals surface area contributed by atoms with Crippen molar-refractivity contribution in [3.63, 3.8) is 0 Å². The van der Waals surface area contributed by atoms with Crippen LogP contribution < -0.4 is 9.46 Å². The maximum atomic E-state index is 13.8. The number of fused-ring (bicyclic) bond motifs is 1. The second-order valence-corrected chi connectivity index (χ2v) is 13.9. The number of carbonyl (C=O) groups is 1. The number of esters is 1. The zero-order valence-electron chi connectivity index (χ0n) is 24.7. The number of anilines is 1. The molecule has 0 bridgehead atoms. The van der Waals surface area contributed by atoms with Crippen LogP contribution in [0.4, 0.5) is 5.69 Å². The van der Waals surface area contributed by atoms with Gasteiger partial charge in [-0.25, -0.2) is 17.4 Å². The molecular weight excluding hydrogens is 736 g/mol. The van der Waals surface area contributed by atoms with Gasteiger partial charge >= 0.3 is 5.97 Å². The van der Waals surface area contributed by atoms with E-state index in [1.807, 2.05) is 13.8 Å². The lowest BCUT2D eigenvalue weighted by Crippen LogP contribution is -2.15. The normalized spacial score (nSPS) is 11.2. The summed E-state index contributed by atoms with van der Waals surface area (Å²) in [7, 11) is -2.89. The van der Waals surface area contributed by atoms with Crippen molar-refractivity contribution in [2.45, 2.75) is 37.0 Å². The zero-order valence-corrected chi connectivity index (χ0v) is 30.1. The molecule has 0 amide bonds. The van der Waals surface area contributed by atoms with Crippen molar-refractivity contribution in [3.8, 4) is 11.5 Å². The van der Waals surface area contributed by atoms with Crippen LogP contribution in [0.25, 0.3) is 11.0 Å². The van der Waals surface area contributed by atoms with Gasteiger partial charge < -0.3 is 14.2 Å². The highest BCUT2D eigenvalue weighted by Gasteiger charge is 2.27. The second-order valence-electron chi connectivity index (χ2n) is 9.21. The third-order valence-corrected chi connectivity index (χ3v) is 10.6. The molecule has 15 heteroatoms. The molecule has 4 aromatic carbocycles. The number of imidazole rings is 1. The lowest BCUT2D eigenvalue weighted by atomic mass is 10.1. The molecule has 242 valence electrons. The van der Waals surface area contributed by atoms with E-state index in [1.165, 1.54) is 25.3 Å². The van der Waals surface area contributed by atoms with Gasteiger partial charge in [0.2, 0.25) is 0 Å². The molecule has 0 spiro atoms. The van der Waals surface area contributed by atoms with Gasteiger partial charge in [0.05, 0.1) is 34.1 Å². The third-order valence-electron chi connectivity index (χ3n) is 6.27. The van der Waals surface area contributed by atoms with Crippen molar-refractivity contribution in [1.82, 2.24) is 8.96 Å². The van der Waals surface area contributed by atoms with Crippen LogP contribution in [0.1, 0.15) is 25.2 Å². The topological polar surface area (TPSA) is 99.5 Å². The molecule has 0 aliphatic carbocycles. The van der Waals surface area contributed by atoms with Gasteiger partial charge in [-0.3, -0.25) is 4.79 Å². The molecule has 1 N–H and O–H groups in total. The van der Waals surface area contributed by atoms with Gasteiger partial charge in [0.15, 0.2) is 5.75 Å². The van der Waals surface area contributed by atoms with Crippen LogP contribution >= 0.6 is 70.0 Å². The molecule has 0 radical (unpaired) electrons. The molecule has 5 rings (SSSR count). The van der Waals surface area contributed by atoms with Crippen molar-refractivity contribution in [1.29, 1.82) is 0 Å². The summed E-state index contributed by atoms with van der Waals surface area (Å²) >= 11 is 32.4. The number of hydrogen-bond acceptors (Lipinski definition) is 8. The van der Waals surface area contributed by atoms with E-state index in [2.05, 4.69) is 9.71 Å². The average molecular weight is 762 g/mol. The largest absolute Gasteiger partial charge is 0.469 e. The Balaban J connectivity index is 0.00000235. The molecular formula is C31H26Cl5N3O5S2. The van der Waals surface area contributed by atoms with Crippen LogP contribution in [0.2, 0.25) is 25.1 Å². The molecule has 0 aliphatic heterocycles. The van der Waals surface area contributed by atoms with E-state index in [0.717, 1.165) is 15.9 Å². The number of ether oxygens (including phenoxy) is 2. The summed E-state index contributed by atoms with van der Waals surface area (Å²) in [6.07, 6.45) is 0.0383. The van der Waals surface area contributed by atoms with Gasteiger partial charge in [-0.15, -0.1) is 0 Å². The number of aryl methyl sites for hydroxylation is 1. The fourth-order valence-electron chi connectivity index (χ4n) is 4.25. The van der Waals surface area contributed by atoms with E-state index in [9.17, 15) is 13.2 Å². The smallest absolute Gasteiger partial charge is 0.309 e. The van der Waals surface area contributed by atoms with Crippen molar-refractivity contribution < 1.29 is 22.7 Å². The predicted octanol–water partition coefficient (Wildman–Crippen LogP) is 10.5. The van der Waals surface area contributed by atoms with E-state index in [1.54, 1.807) is 55.5 Å². The van der Waals surface area contributed by atoms with Crippen molar-refractivity contribution in [2.75, 3.05) is 11.8 Å². The first kappa shape index (κ1) is 36.0. The van der Waals surface area contributed by atoms with Gasteiger partial charge in [-0.2, -0.15) is 0 Å². The Labute approximate surface area is 296 Å². The van der Waals surface area contributed by atoms with Gasteiger partial charge in [0.25, 0.3) is 10.0 Å². The highest BCUT2D eigenvalue weighted by Crippen LogP contribution is 2.42. The summed E-state index contributed by atoms with van der Waals surface area (Å²) in [5.41, 5.74) is 1.51. The number of halogens is 5. The minimum absolute atomic E-state index is 0.0322. The van der Waals surface area contributed by atoms with E-state index in [-0.39, 0.29) is 49.7 Å². The molecule has 0 saturated heterocycles. The number of nitrogens with one attached hydrogen (secondary N) is 1. The maximum absolute atomic E-state index is 13.8. The van der Waals surface area contributed by atoms with Crippen LogP contribution in [-0.2, 0) is 26.0 Å². The fraction of sp³-hybridized carbons (Fsp3) is 0.161. The van der Waals surface area contributed by atoms with Gasteiger partial charge in [-0.1, -0.05) is 77.9 Å². The van der Waals surface area contributed by atoms with Gasteiger partial charge in [-0.05, 0) is 85.1 Å². The van der Waals surface area contributed by atoms with Crippen LogP contribution in [0, 0.1) is 6.92 Å². The van der Waals surface area contributed by atoms with Crippen LogP contribution in [0.5, 0.6) is 11.5 Å². The second kappa shape index (κ2) is 15.4. The molecule has 8 nitrogen and oxygen atoms in total. The minimum Gasteiger partial charge on any atom is -0.469 e. The molecule has 0 atom stereocenters. The third kappa shape index (κ3) is 7.82. The molecule has 0 aliphatic rings. The van der Waals surface area contributed by atoms with Crippen molar-refractivity contribution >= 4 is 103 Å². The Kier molecular flexibility index (Phi) is 12.0. The number of hydrogen-bond donors (Lipinski definition) is 1. The molecule has 0 unspecified atom stereocenters. The fourth-order valence-corrected chi connectivity index (χ4v) is 7.95. The average Bonchev–Trinajstić information content (AvgIpc) is 3.36. The number of nitrogens with zero attached hydrogens (tertiary/aromatic N) is 2. The summed E-state index contributed by atoms with van der Waals surface area (Å²) in [4.78, 5) is 16.8. The Hall–Kier alpha value is -2.83. The first-order valence-electron chi connectivity index (χ1n) is 13.5. The predicted molar refractivity (Wildman–Crippen MR) is 188 cm³/mol. The number of aromatic nitrogens is 2. The monoisotopic (exact) mass is 759 g/mol. The molecule has 1 aromatic heterocycles. The summed E-state index contributed by atoms with van der Waals surface area (Å²) in [5, 5.41) is 1.37. The maximum Gasteiger partial charge on any atom is 0.309 e. The number of methoxy groups -OCH3 is 1. The molecule has 0 saturated carbocycles. The van der Waals surface area contributed by atoms with Crippen LogP contribution in [0.15, 0.2) is 76.5 Å². The highest BCUT2D eigenvalue weighted by atomic mass is 35.5. The van der Waals surface area contributed by atoms with Gasteiger partial charge in [0, 0.05) is 14.9 Å². The summed E-state index contributed by atoms with van der Waals surface area (Å²) in [5.74, 6) is 0.328. The first-order valence-corrected chi connectivity index (χ1v) is 17.7. The molecule has 5 aromatic rings. The molecule has 46 heavy (non-hydrogen) atoms. The van der Waals surface area contributed by atoms with E-state index in [4.69, 9.17) is 67.5 Å². The van der Waals surface area contributed by atoms with E-state index >= 15 is 0 Å². The Morgan fingerprint density at radius 1 is 0.870 bits per heavy atom. The number of rotatable bonds is 9. The lowest BCUT2D eigenvalue weighted by molar-refractivity contribution is -0.139. The summed E-state index contributed by atoms with van der Waals surface area (Å²) in [6, 6.07) is 17.2. The van der Waals surface area contributed by atoms with Gasteiger partial charge in [0.1, 0.15) is 27.7 Å². The lowest BCUT2D eigenvalue weighted by Gasteiger charge is -2.16. The zero-order chi connectivity index (χ0) is 33.8. The van der Waals surface area contributed by atoms with Crippen molar-refractivity contribution in [3.05, 3.63) is 103 Å². The van der Waals surface area contributed by atoms with Crippen LogP contribution in [0.3, 0.4) is 0 Å². The number of benzene rings is 4. The number of carbonyl (C=O) groups excluding carboxylic acids is 1.